The molecule has 1 aromatic carbocycles. The average Bonchev–Trinajstić information content (AvgIpc) is 3.01. The number of hydrogen-bond acceptors (Lipinski definition) is 4. The predicted molar refractivity (Wildman–Crippen MR) is 100 cm³/mol. The molecule has 1 aliphatic heterocycles. The number of nitrogens with two attached hydrogens (primary N) is 1. The summed E-state index contributed by atoms with van der Waals surface area (Å²) in [7, 11) is 0. The molecule has 1 fully saturated rings. The van der Waals surface area contributed by atoms with E-state index in [1.54, 1.807) is 11.3 Å². The van der Waals surface area contributed by atoms with Crippen molar-refractivity contribution in [3.63, 3.8) is 0 Å². The second-order valence-electron chi connectivity index (χ2n) is 6.48. The van der Waals surface area contributed by atoms with Gasteiger partial charge in [0.15, 0.2) is 0 Å². The molecule has 1 saturated heterocycles. The third-order valence-corrected chi connectivity index (χ3v) is 5.73. The minimum Gasteiger partial charge on any atom is -0.371 e. The second-order valence-corrected chi connectivity index (χ2v) is 7.48. The van der Waals surface area contributed by atoms with Gasteiger partial charge in [0.05, 0.1) is 5.92 Å². The Bertz CT molecular complexity index is 680. The van der Waals surface area contributed by atoms with Crippen molar-refractivity contribution in [1.29, 1.82) is 0 Å². The van der Waals surface area contributed by atoms with E-state index in [0.29, 0.717) is 0 Å². The van der Waals surface area contributed by atoms with Gasteiger partial charge >= 0.3 is 0 Å². The molecule has 1 aliphatic rings. The molecule has 1 amide bonds. The second kappa shape index (κ2) is 7.81. The van der Waals surface area contributed by atoms with Crippen molar-refractivity contribution >= 4 is 22.9 Å². The number of thiophene rings is 1. The average molecular weight is 343 g/mol. The van der Waals surface area contributed by atoms with E-state index >= 15 is 0 Å². The fourth-order valence-corrected chi connectivity index (χ4v) is 4.05. The van der Waals surface area contributed by atoms with Gasteiger partial charge in [-0.25, -0.2) is 0 Å². The number of rotatable bonds is 6. The van der Waals surface area contributed by atoms with Crippen LogP contribution >= 0.6 is 11.3 Å². The van der Waals surface area contributed by atoms with Crippen molar-refractivity contribution in [2.24, 2.45) is 11.7 Å². The summed E-state index contributed by atoms with van der Waals surface area (Å²) in [5.74, 6) is -0.196. The molecule has 0 radical (unpaired) electrons. The number of amides is 1. The van der Waals surface area contributed by atoms with E-state index in [9.17, 15) is 4.79 Å². The lowest BCUT2D eigenvalue weighted by molar-refractivity contribution is -0.122. The molecule has 0 aliphatic carbocycles. The predicted octanol–water partition coefficient (Wildman–Crippen LogP) is 3.05. The highest BCUT2D eigenvalue weighted by atomic mass is 32.1. The molecule has 0 unspecified atom stereocenters. The monoisotopic (exact) mass is 343 g/mol. The smallest absolute Gasteiger partial charge is 0.222 e. The van der Waals surface area contributed by atoms with Crippen molar-refractivity contribution in [2.45, 2.75) is 32.9 Å². The molecule has 128 valence electrons. The lowest BCUT2D eigenvalue weighted by Crippen LogP contribution is -2.41. The number of piperidine rings is 1. The van der Waals surface area contributed by atoms with Gasteiger partial charge in [0.1, 0.15) is 0 Å². The van der Waals surface area contributed by atoms with Crippen LogP contribution in [0.1, 0.15) is 28.8 Å². The van der Waals surface area contributed by atoms with Crippen LogP contribution in [0.4, 0.5) is 5.69 Å². The van der Waals surface area contributed by atoms with E-state index in [4.69, 9.17) is 5.73 Å². The number of hydrogen-bond donors (Lipinski definition) is 2. The molecular formula is C19H25N3OS. The Morgan fingerprint density at radius 3 is 2.75 bits per heavy atom. The summed E-state index contributed by atoms with van der Waals surface area (Å²) in [5.41, 5.74) is 9.28. The van der Waals surface area contributed by atoms with E-state index < -0.39 is 0 Å². The van der Waals surface area contributed by atoms with Crippen LogP contribution in [-0.4, -0.2) is 19.0 Å². The zero-order valence-corrected chi connectivity index (χ0v) is 14.9. The minimum absolute atomic E-state index is 0.0193. The van der Waals surface area contributed by atoms with Crippen molar-refractivity contribution in [1.82, 2.24) is 5.32 Å². The van der Waals surface area contributed by atoms with E-state index in [1.807, 2.05) is 0 Å². The highest BCUT2D eigenvalue weighted by Crippen LogP contribution is 2.23. The molecule has 5 heteroatoms. The van der Waals surface area contributed by atoms with Crippen LogP contribution in [0.25, 0.3) is 0 Å². The van der Waals surface area contributed by atoms with Gasteiger partial charge in [0.2, 0.25) is 5.91 Å². The van der Waals surface area contributed by atoms with Gasteiger partial charge in [-0.3, -0.25) is 4.79 Å². The first-order chi connectivity index (χ1) is 11.6. The van der Waals surface area contributed by atoms with Crippen LogP contribution < -0.4 is 16.0 Å². The summed E-state index contributed by atoms with van der Waals surface area (Å²) in [6, 6.07) is 10.8. The number of anilines is 1. The lowest BCUT2D eigenvalue weighted by Gasteiger charge is -2.33. The number of primary amides is 1. The molecule has 0 spiro atoms. The van der Waals surface area contributed by atoms with Crippen LogP contribution in [-0.2, 0) is 17.9 Å². The molecule has 0 saturated carbocycles. The maximum atomic E-state index is 11.4. The Balaban J connectivity index is 1.53. The number of nitrogens with one attached hydrogen (secondary N) is 1. The van der Waals surface area contributed by atoms with Crippen LogP contribution in [0.5, 0.6) is 0 Å². The molecule has 24 heavy (non-hydrogen) atoms. The first kappa shape index (κ1) is 17.0. The lowest BCUT2D eigenvalue weighted by atomic mass is 9.97. The number of carbonyl (C=O) groups is 1. The fraction of sp³-hybridized carbons (Fsp3) is 0.421. The zero-order valence-electron chi connectivity index (χ0n) is 14.1. The standard InChI is InChI=1S/C19H25N3OS/c1-14-8-10-24-18(14)12-21-11-15-4-6-17(7-5-15)22-9-2-3-16(13-22)19(20)23/h4-8,10,16,21H,2-3,9,11-13H2,1H3,(H2,20,23)/t16-/m1/s1. The van der Waals surface area contributed by atoms with Gasteiger partial charge in [-0.05, 0) is 54.5 Å². The van der Waals surface area contributed by atoms with Crippen LogP contribution in [0.2, 0.25) is 0 Å². The van der Waals surface area contributed by atoms with Crippen molar-refractivity contribution in [3.8, 4) is 0 Å². The van der Waals surface area contributed by atoms with Gasteiger partial charge < -0.3 is 16.0 Å². The summed E-state index contributed by atoms with van der Waals surface area (Å²) in [6.45, 7) is 5.67. The Hall–Kier alpha value is -1.85. The van der Waals surface area contributed by atoms with Crippen molar-refractivity contribution in [3.05, 3.63) is 51.7 Å². The molecule has 4 nitrogen and oxygen atoms in total. The van der Waals surface area contributed by atoms with Crippen molar-refractivity contribution < 1.29 is 4.79 Å². The van der Waals surface area contributed by atoms with Gasteiger partial charge in [0.25, 0.3) is 0 Å². The summed E-state index contributed by atoms with van der Waals surface area (Å²) < 4.78 is 0. The summed E-state index contributed by atoms with van der Waals surface area (Å²) in [6.07, 6.45) is 1.94. The summed E-state index contributed by atoms with van der Waals surface area (Å²) in [5, 5.41) is 5.64. The highest BCUT2D eigenvalue weighted by Gasteiger charge is 2.23. The first-order valence-electron chi connectivity index (χ1n) is 8.50. The SMILES string of the molecule is Cc1ccsc1CNCc1ccc(N2CCC[C@@H](C(N)=O)C2)cc1. The number of carbonyl (C=O) groups excluding carboxylic acids is 1. The van der Waals surface area contributed by atoms with Gasteiger partial charge in [-0.1, -0.05) is 12.1 Å². The molecular weight excluding hydrogens is 318 g/mol. The van der Waals surface area contributed by atoms with Gasteiger partial charge in [-0.15, -0.1) is 11.3 Å². The zero-order chi connectivity index (χ0) is 16.9. The third kappa shape index (κ3) is 4.16. The summed E-state index contributed by atoms with van der Waals surface area (Å²) in [4.78, 5) is 15.1. The molecule has 0 bridgehead atoms. The molecule has 2 heterocycles. The largest absolute Gasteiger partial charge is 0.371 e. The Kier molecular flexibility index (Phi) is 5.53. The van der Waals surface area contributed by atoms with Crippen LogP contribution in [0.3, 0.4) is 0 Å². The maximum absolute atomic E-state index is 11.4. The molecule has 1 atom stereocenters. The van der Waals surface area contributed by atoms with Crippen LogP contribution in [0, 0.1) is 12.8 Å². The van der Waals surface area contributed by atoms with E-state index in [1.165, 1.54) is 21.7 Å². The Morgan fingerprint density at radius 1 is 1.29 bits per heavy atom. The first-order valence-corrected chi connectivity index (χ1v) is 9.38. The molecule has 2 aromatic rings. The van der Waals surface area contributed by atoms with E-state index in [0.717, 1.165) is 39.0 Å². The van der Waals surface area contributed by atoms with E-state index in [-0.39, 0.29) is 11.8 Å². The fourth-order valence-electron chi connectivity index (χ4n) is 3.17. The number of benzene rings is 1. The minimum atomic E-state index is -0.176. The normalized spacial score (nSPS) is 17.9. The van der Waals surface area contributed by atoms with Crippen LogP contribution in [0.15, 0.2) is 35.7 Å². The van der Waals surface area contributed by atoms with Crippen molar-refractivity contribution in [2.75, 3.05) is 18.0 Å². The topological polar surface area (TPSA) is 58.4 Å². The van der Waals surface area contributed by atoms with Gasteiger partial charge in [0, 0.05) is 36.7 Å². The molecule has 1 aromatic heterocycles. The van der Waals surface area contributed by atoms with E-state index in [2.05, 4.69) is 52.9 Å². The quantitative estimate of drug-likeness (QED) is 0.847. The molecule has 3 rings (SSSR count). The Morgan fingerprint density at radius 2 is 2.08 bits per heavy atom. The third-order valence-electron chi connectivity index (χ3n) is 4.71. The Labute approximate surface area is 147 Å². The number of aryl methyl sites for hydroxylation is 1. The van der Waals surface area contributed by atoms with Gasteiger partial charge in [-0.2, -0.15) is 0 Å². The molecule has 3 N–H and O–H groups in total. The highest BCUT2D eigenvalue weighted by molar-refractivity contribution is 7.10. The number of nitrogens with zero attached hydrogens (tertiary/aromatic N) is 1. The maximum Gasteiger partial charge on any atom is 0.222 e. The summed E-state index contributed by atoms with van der Waals surface area (Å²) >= 11 is 1.80.